The molecule has 0 bridgehead atoms. The molecule has 0 radical (unpaired) electrons. The Morgan fingerprint density at radius 3 is 1.03 bits per heavy atom. The minimum Gasteiger partial charge on any atom is -0.0654 e. The van der Waals surface area contributed by atoms with Crippen LogP contribution < -0.4 is 0 Å². The molecule has 0 saturated heterocycles. The molecule has 0 unspecified atom stereocenters. The maximum absolute atomic E-state index is 2.40. The van der Waals surface area contributed by atoms with Crippen molar-refractivity contribution in [1.29, 1.82) is 0 Å². The fourth-order valence-electron chi connectivity index (χ4n) is 8.34. The average Bonchev–Trinajstić information content (AvgIpc) is 3.29. The topological polar surface area (TPSA) is 0 Å². The lowest BCUT2D eigenvalue weighted by Gasteiger charge is -2.26. The van der Waals surface area contributed by atoms with E-state index in [1.807, 2.05) is 0 Å². The van der Waals surface area contributed by atoms with Gasteiger partial charge in [-0.3, -0.25) is 0 Å². The summed E-state index contributed by atoms with van der Waals surface area (Å²) >= 11 is 0. The third-order valence-electron chi connectivity index (χ3n) is 11.1. The van der Waals surface area contributed by atoms with Gasteiger partial charge in [0, 0.05) is 0 Å². The van der Waals surface area contributed by atoms with E-state index < -0.39 is 0 Å². The Morgan fingerprint density at radius 2 is 0.672 bits per heavy atom. The van der Waals surface area contributed by atoms with Crippen molar-refractivity contribution in [2.45, 2.75) is 65.7 Å². The molecule has 0 nitrogen and oxygen atoms in total. The second-order valence-corrected chi connectivity index (χ2v) is 15.8. The van der Waals surface area contributed by atoms with Gasteiger partial charge >= 0.3 is 0 Å². The third-order valence-corrected chi connectivity index (χ3v) is 11.1. The number of unbranched alkanes of at least 4 members (excludes halogenated alkanes) is 1. The fraction of sp³-hybridized carbons (Fsp3) is 0.172. The first-order chi connectivity index (χ1) is 28.4. The molecule has 0 fully saturated rings. The molecule has 288 valence electrons. The van der Waals surface area contributed by atoms with Gasteiger partial charge in [-0.1, -0.05) is 235 Å². The van der Waals surface area contributed by atoms with Gasteiger partial charge in [0.15, 0.2) is 0 Å². The monoisotopic (exact) mass is 752 g/mol. The minimum absolute atomic E-state index is 0.349. The smallest absolute Gasteiger partial charge is 0.00641 e. The Hall–Kier alpha value is -6.24. The molecule has 0 heteroatoms. The van der Waals surface area contributed by atoms with E-state index in [1.165, 1.54) is 103 Å². The van der Waals surface area contributed by atoms with Gasteiger partial charge < -0.3 is 0 Å². The summed E-state index contributed by atoms with van der Waals surface area (Å²) in [5.74, 6) is 0.827. The number of aryl methyl sites for hydroxylation is 1. The van der Waals surface area contributed by atoms with E-state index in [2.05, 4.69) is 235 Å². The van der Waals surface area contributed by atoms with E-state index in [0.717, 1.165) is 0 Å². The molecular weight excluding hydrogens is 697 g/mol. The van der Waals surface area contributed by atoms with Crippen LogP contribution in [0.4, 0.5) is 0 Å². The van der Waals surface area contributed by atoms with Crippen molar-refractivity contribution in [3.8, 4) is 66.8 Å². The lowest BCUT2D eigenvalue weighted by Crippen LogP contribution is -2.02. The SMILES string of the molecule is CC(C)c1c(-c2ccccc2)c(-c2ccccc2)cc(-c2ccccc2)c1-c1ccccc1.CCCCc1ccc(-c2cccc(-c3ccccc3)c2C(C)C)cc1. The average molecular weight is 753 g/mol. The number of rotatable bonds is 11. The van der Waals surface area contributed by atoms with Crippen molar-refractivity contribution < 1.29 is 0 Å². The lowest BCUT2D eigenvalue weighted by molar-refractivity contribution is 0.795. The molecular formula is C58H56. The van der Waals surface area contributed by atoms with Crippen molar-refractivity contribution in [1.82, 2.24) is 0 Å². The van der Waals surface area contributed by atoms with Gasteiger partial charge in [-0.25, -0.2) is 0 Å². The van der Waals surface area contributed by atoms with Crippen LogP contribution in [0, 0.1) is 0 Å². The largest absolute Gasteiger partial charge is 0.0654 e. The second kappa shape index (κ2) is 19.3. The quantitative estimate of drug-likeness (QED) is 0.123. The maximum atomic E-state index is 2.40. The van der Waals surface area contributed by atoms with E-state index in [9.17, 15) is 0 Å². The van der Waals surface area contributed by atoms with Gasteiger partial charge in [0.1, 0.15) is 0 Å². The first-order valence-corrected chi connectivity index (χ1v) is 21.1. The molecule has 0 N–H and O–H groups in total. The predicted molar refractivity (Wildman–Crippen MR) is 252 cm³/mol. The van der Waals surface area contributed by atoms with Crippen LogP contribution in [0.5, 0.6) is 0 Å². The first-order valence-electron chi connectivity index (χ1n) is 21.1. The summed E-state index contributed by atoms with van der Waals surface area (Å²) in [5, 5.41) is 0. The zero-order valence-electron chi connectivity index (χ0n) is 34.8. The van der Waals surface area contributed by atoms with E-state index in [-0.39, 0.29) is 0 Å². The molecule has 0 aliphatic rings. The highest BCUT2D eigenvalue weighted by Crippen LogP contribution is 2.48. The van der Waals surface area contributed by atoms with Gasteiger partial charge in [-0.05, 0) is 114 Å². The Bertz CT molecular complexity index is 2380. The summed E-state index contributed by atoms with van der Waals surface area (Å²) in [4.78, 5) is 0. The lowest BCUT2D eigenvalue weighted by atomic mass is 9.78. The van der Waals surface area contributed by atoms with Crippen LogP contribution in [0.3, 0.4) is 0 Å². The van der Waals surface area contributed by atoms with Gasteiger partial charge in [0.2, 0.25) is 0 Å². The third kappa shape index (κ3) is 9.14. The van der Waals surface area contributed by atoms with Crippen LogP contribution >= 0.6 is 0 Å². The molecule has 58 heavy (non-hydrogen) atoms. The maximum Gasteiger partial charge on any atom is -0.00641 e. The van der Waals surface area contributed by atoms with E-state index in [0.29, 0.717) is 11.8 Å². The van der Waals surface area contributed by atoms with Crippen molar-refractivity contribution in [2.75, 3.05) is 0 Å². The van der Waals surface area contributed by atoms with Crippen molar-refractivity contribution >= 4 is 0 Å². The van der Waals surface area contributed by atoms with E-state index >= 15 is 0 Å². The van der Waals surface area contributed by atoms with Gasteiger partial charge in [0.05, 0.1) is 0 Å². The first kappa shape index (κ1) is 40.0. The molecule has 0 spiro atoms. The molecule has 8 aromatic carbocycles. The highest BCUT2D eigenvalue weighted by atomic mass is 14.3. The van der Waals surface area contributed by atoms with Crippen LogP contribution in [0.15, 0.2) is 200 Å². The van der Waals surface area contributed by atoms with Crippen LogP contribution in [0.2, 0.25) is 0 Å². The molecule has 8 aromatic rings. The summed E-state index contributed by atoms with van der Waals surface area (Å²) < 4.78 is 0. The summed E-state index contributed by atoms with van der Waals surface area (Å²) in [6, 6.07) is 72.3. The summed E-state index contributed by atoms with van der Waals surface area (Å²) in [5.41, 5.74) is 19.8. The summed E-state index contributed by atoms with van der Waals surface area (Å²) in [6.45, 7) is 11.5. The fourth-order valence-corrected chi connectivity index (χ4v) is 8.34. The molecule has 0 aromatic heterocycles. The van der Waals surface area contributed by atoms with E-state index in [1.54, 1.807) is 0 Å². The minimum atomic E-state index is 0.349. The molecule has 0 aliphatic carbocycles. The zero-order chi connectivity index (χ0) is 40.3. The van der Waals surface area contributed by atoms with Crippen LogP contribution in [-0.2, 0) is 6.42 Å². The Balaban J connectivity index is 0.000000184. The van der Waals surface area contributed by atoms with Crippen molar-refractivity contribution in [3.05, 3.63) is 217 Å². The highest BCUT2D eigenvalue weighted by Gasteiger charge is 2.24. The zero-order valence-corrected chi connectivity index (χ0v) is 34.8. The Morgan fingerprint density at radius 1 is 0.328 bits per heavy atom. The van der Waals surface area contributed by atoms with Gasteiger partial charge in [-0.2, -0.15) is 0 Å². The summed E-state index contributed by atoms with van der Waals surface area (Å²) in [7, 11) is 0. The standard InChI is InChI=1S/C33H28.C25H28/c1-24(2)31-32(27-19-11-5-12-20-27)29(25-15-7-3-8-16-25)23-30(26-17-9-4-10-18-26)33(31)28-21-13-6-14-22-28;1-4-5-10-20-15-17-22(18-16-20)24-14-9-13-23(25(24)19(2)3)21-11-7-6-8-12-21/h3-24H,1-2H3;6-9,11-19H,4-5,10H2,1-3H3. The molecule has 8 rings (SSSR count). The molecule has 0 amide bonds. The molecule has 0 saturated carbocycles. The number of hydrogen-bond acceptors (Lipinski definition) is 0. The Labute approximate surface area is 347 Å². The second-order valence-electron chi connectivity index (χ2n) is 15.8. The van der Waals surface area contributed by atoms with Crippen LogP contribution in [-0.4, -0.2) is 0 Å². The number of hydrogen-bond donors (Lipinski definition) is 0. The number of benzene rings is 8. The van der Waals surface area contributed by atoms with Crippen LogP contribution in [0.1, 0.15) is 76.0 Å². The van der Waals surface area contributed by atoms with Crippen molar-refractivity contribution in [2.24, 2.45) is 0 Å². The predicted octanol–water partition coefficient (Wildman–Crippen LogP) is 17.0. The normalized spacial score (nSPS) is 11.0. The van der Waals surface area contributed by atoms with Crippen molar-refractivity contribution in [3.63, 3.8) is 0 Å². The molecule has 0 aliphatic heterocycles. The Kier molecular flexibility index (Phi) is 13.3. The van der Waals surface area contributed by atoms with Gasteiger partial charge in [0.25, 0.3) is 0 Å². The van der Waals surface area contributed by atoms with Gasteiger partial charge in [-0.15, -0.1) is 0 Å². The van der Waals surface area contributed by atoms with Crippen LogP contribution in [0.25, 0.3) is 66.8 Å². The van der Waals surface area contributed by atoms with E-state index in [4.69, 9.17) is 0 Å². The highest BCUT2D eigenvalue weighted by molar-refractivity contribution is 5.98. The molecule has 0 atom stereocenters. The summed E-state index contributed by atoms with van der Waals surface area (Å²) in [6.07, 6.45) is 3.69. The molecule has 0 heterocycles.